The second-order valence-electron chi connectivity index (χ2n) is 6.65. The number of ether oxygens (including phenoxy) is 2. The van der Waals surface area contributed by atoms with Crippen molar-refractivity contribution in [3.63, 3.8) is 0 Å². The fraction of sp³-hybridized carbons (Fsp3) is 0.400. The van der Waals surface area contributed by atoms with E-state index in [0.717, 1.165) is 41.7 Å². The highest BCUT2D eigenvalue weighted by atomic mass is 32.2. The molecule has 140 valence electrons. The lowest BCUT2D eigenvalue weighted by Crippen LogP contribution is -2.31. The number of rotatable bonds is 5. The minimum atomic E-state index is -3.63. The number of hydrogen-bond donors (Lipinski definition) is 1. The lowest BCUT2D eigenvalue weighted by atomic mass is 9.88. The maximum absolute atomic E-state index is 13.0. The third-order valence-electron chi connectivity index (χ3n) is 5.16. The van der Waals surface area contributed by atoms with E-state index in [-0.39, 0.29) is 6.04 Å². The number of methoxy groups -OCH3 is 2. The number of hydrogen-bond acceptors (Lipinski definition) is 4. The molecule has 1 N–H and O–H groups in total. The SMILES string of the molecule is COc1ccc2c(c1)CCC[C@@H]2NS(=O)(=O)c1ccc(OC)c(C)c1C. The van der Waals surface area contributed by atoms with Crippen molar-refractivity contribution < 1.29 is 17.9 Å². The van der Waals surface area contributed by atoms with Gasteiger partial charge in [-0.15, -0.1) is 0 Å². The van der Waals surface area contributed by atoms with Crippen LogP contribution in [0.2, 0.25) is 0 Å². The van der Waals surface area contributed by atoms with Crippen molar-refractivity contribution in [3.8, 4) is 11.5 Å². The molecule has 26 heavy (non-hydrogen) atoms. The molecule has 0 fully saturated rings. The van der Waals surface area contributed by atoms with Gasteiger partial charge in [0, 0.05) is 6.04 Å². The number of sulfonamides is 1. The van der Waals surface area contributed by atoms with Gasteiger partial charge in [0.2, 0.25) is 10.0 Å². The molecule has 0 saturated carbocycles. The Bertz CT molecular complexity index is 922. The quantitative estimate of drug-likeness (QED) is 0.866. The molecule has 0 spiro atoms. The molecular formula is C20H25NO4S. The normalized spacial score (nSPS) is 16.8. The van der Waals surface area contributed by atoms with E-state index < -0.39 is 10.0 Å². The van der Waals surface area contributed by atoms with Crippen LogP contribution in [-0.2, 0) is 16.4 Å². The summed E-state index contributed by atoms with van der Waals surface area (Å²) in [5.41, 5.74) is 3.72. The van der Waals surface area contributed by atoms with Gasteiger partial charge >= 0.3 is 0 Å². The average molecular weight is 375 g/mol. The first-order chi connectivity index (χ1) is 12.4. The van der Waals surface area contributed by atoms with E-state index in [1.54, 1.807) is 26.4 Å². The van der Waals surface area contributed by atoms with E-state index in [2.05, 4.69) is 4.72 Å². The maximum atomic E-state index is 13.0. The van der Waals surface area contributed by atoms with Crippen molar-refractivity contribution in [1.82, 2.24) is 4.72 Å². The fourth-order valence-electron chi connectivity index (χ4n) is 3.57. The number of benzene rings is 2. The van der Waals surface area contributed by atoms with E-state index in [0.29, 0.717) is 16.2 Å². The van der Waals surface area contributed by atoms with Gasteiger partial charge in [-0.25, -0.2) is 13.1 Å². The van der Waals surface area contributed by atoms with Crippen LogP contribution in [0.5, 0.6) is 11.5 Å². The van der Waals surface area contributed by atoms with Gasteiger partial charge in [-0.05, 0) is 79.6 Å². The second-order valence-corrected chi connectivity index (χ2v) is 8.33. The summed E-state index contributed by atoms with van der Waals surface area (Å²) in [4.78, 5) is 0.302. The Balaban J connectivity index is 1.94. The zero-order valence-electron chi connectivity index (χ0n) is 15.6. The Hall–Kier alpha value is -2.05. The molecule has 0 aliphatic heterocycles. The third-order valence-corrected chi connectivity index (χ3v) is 6.78. The van der Waals surface area contributed by atoms with Gasteiger partial charge in [0.05, 0.1) is 19.1 Å². The lowest BCUT2D eigenvalue weighted by Gasteiger charge is -2.27. The first-order valence-electron chi connectivity index (χ1n) is 8.70. The van der Waals surface area contributed by atoms with Crippen molar-refractivity contribution >= 4 is 10.0 Å². The predicted molar refractivity (Wildman–Crippen MR) is 101 cm³/mol. The number of aryl methyl sites for hydroxylation is 1. The molecule has 0 bridgehead atoms. The summed E-state index contributed by atoms with van der Waals surface area (Å²) in [5, 5.41) is 0. The lowest BCUT2D eigenvalue weighted by molar-refractivity contribution is 0.410. The molecule has 0 saturated heterocycles. The molecule has 3 rings (SSSR count). The van der Waals surface area contributed by atoms with Gasteiger partial charge < -0.3 is 9.47 Å². The van der Waals surface area contributed by atoms with Gasteiger partial charge in [0.25, 0.3) is 0 Å². The smallest absolute Gasteiger partial charge is 0.241 e. The van der Waals surface area contributed by atoms with Crippen LogP contribution in [0.15, 0.2) is 35.2 Å². The van der Waals surface area contributed by atoms with Crippen LogP contribution in [0.3, 0.4) is 0 Å². The molecule has 1 aliphatic rings. The molecular weight excluding hydrogens is 350 g/mol. The van der Waals surface area contributed by atoms with E-state index >= 15 is 0 Å². The van der Waals surface area contributed by atoms with Gasteiger partial charge in [-0.1, -0.05) is 6.07 Å². The van der Waals surface area contributed by atoms with Gasteiger partial charge in [-0.3, -0.25) is 0 Å². The second kappa shape index (κ2) is 7.29. The molecule has 2 aromatic rings. The van der Waals surface area contributed by atoms with Crippen LogP contribution in [0.25, 0.3) is 0 Å². The topological polar surface area (TPSA) is 64.6 Å². The molecule has 0 unspecified atom stereocenters. The van der Waals surface area contributed by atoms with Gasteiger partial charge in [0.1, 0.15) is 11.5 Å². The molecule has 1 atom stereocenters. The van der Waals surface area contributed by atoms with Crippen molar-refractivity contribution in [3.05, 3.63) is 52.6 Å². The highest BCUT2D eigenvalue weighted by Gasteiger charge is 2.27. The minimum Gasteiger partial charge on any atom is -0.497 e. The van der Waals surface area contributed by atoms with Gasteiger partial charge in [-0.2, -0.15) is 0 Å². The Morgan fingerprint density at radius 2 is 1.81 bits per heavy atom. The van der Waals surface area contributed by atoms with Crippen molar-refractivity contribution in [2.45, 2.75) is 44.0 Å². The van der Waals surface area contributed by atoms with Crippen molar-refractivity contribution in [2.24, 2.45) is 0 Å². The Morgan fingerprint density at radius 3 is 2.50 bits per heavy atom. The van der Waals surface area contributed by atoms with E-state index in [4.69, 9.17) is 9.47 Å². The zero-order chi connectivity index (χ0) is 18.9. The number of nitrogens with one attached hydrogen (secondary N) is 1. The molecule has 0 heterocycles. The van der Waals surface area contributed by atoms with Crippen LogP contribution in [-0.4, -0.2) is 22.6 Å². The molecule has 1 aliphatic carbocycles. The maximum Gasteiger partial charge on any atom is 0.241 e. The summed E-state index contributed by atoms with van der Waals surface area (Å²) < 4.78 is 39.5. The molecule has 6 heteroatoms. The Labute approximate surface area is 155 Å². The van der Waals surface area contributed by atoms with Crippen LogP contribution in [0.4, 0.5) is 0 Å². The highest BCUT2D eigenvalue weighted by Crippen LogP contribution is 2.34. The summed E-state index contributed by atoms with van der Waals surface area (Å²) >= 11 is 0. The standard InChI is InChI=1S/C20H25NO4S/c1-13-14(2)20(11-10-19(13)25-4)26(22,23)21-18-7-5-6-15-12-16(24-3)8-9-17(15)18/h8-12,18,21H,5-7H2,1-4H3/t18-/m0/s1. The first-order valence-corrected chi connectivity index (χ1v) is 10.2. The predicted octanol–water partition coefficient (Wildman–Crippen LogP) is 3.68. The van der Waals surface area contributed by atoms with Crippen molar-refractivity contribution in [2.75, 3.05) is 14.2 Å². The first kappa shape index (κ1) is 18.7. The molecule has 5 nitrogen and oxygen atoms in total. The summed E-state index contributed by atoms with van der Waals surface area (Å²) in [6.07, 6.45) is 2.66. The molecule has 2 aromatic carbocycles. The zero-order valence-corrected chi connectivity index (χ0v) is 16.4. The van der Waals surface area contributed by atoms with Crippen molar-refractivity contribution in [1.29, 1.82) is 0 Å². The molecule has 0 radical (unpaired) electrons. The summed E-state index contributed by atoms with van der Waals surface area (Å²) in [6.45, 7) is 3.68. The molecule has 0 amide bonds. The summed E-state index contributed by atoms with van der Waals surface area (Å²) in [7, 11) is -0.410. The summed E-state index contributed by atoms with van der Waals surface area (Å²) in [5.74, 6) is 1.49. The monoisotopic (exact) mass is 375 g/mol. The van der Waals surface area contributed by atoms with Gasteiger partial charge in [0.15, 0.2) is 0 Å². The van der Waals surface area contributed by atoms with Crippen LogP contribution in [0, 0.1) is 13.8 Å². The number of fused-ring (bicyclic) bond motifs is 1. The fourth-order valence-corrected chi connectivity index (χ4v) is 5.12. The third kappa shape index (κ3) is 3.44. The van der Waals surface area contributed by atoms with E-state index in [1.807, 2.05) is 32.0 Å². The van der Waals surface area contributed by atoms with E-state index in [9.17, 15) is 8.42 Å². The Kier molecular flexibility index (Phi) is 5.25. The van der Waals surface area contributed by atoms with E-state index in [1.165, 1.54) is 0 Å². The average Bonchev–Trinajstić information content (AvgIpc) is 2.63. The summed E-state index contributed by atoms with van der Waals surface area (Å²) in [6, 6.07) is 8.94. The van der Waals surface area contributed by atoms with Crippen LogP contribution < -0.4 is 14.2 Å². The Morgan fingerprint density at radius 1 is 1.04 bits per heavy atom. The van der Waals surface area contributed by atoms with Crippen LogP contribution >= 0.6 is 0 Å². The minimum absolute atomic E-state index is 0.225. The van der Waals surface area contributed by atoms with Crippen LogP contribution in [0.1, 0.15) is 41.1 Å². The molecule has 0 aromatic heterocycles. The largest absolute Gasteiger partial charge is 0.497 e. The highest BCUT2D eigenvalue weighted by molar-refractivity contribution is 7.89.